The monoisotopic (exact) mass is 600 g/mol. The minimum Gasteiger partial charge on any atom is -0.484 e. The first-order chi connectivity index (χ1) is 20.6. The number of carbonyl (C=O) groups excluding carboxylic acids is 2. The average molecular weight is 601 g/mol. The Morgan fingerprint density at radius 1 is 0.860 bits per heavy atom. The van der Waals surface area contributed by atoms with Gasteiger partial charge < -0.3 is 14.8 Å². The van der Waals surface area contributed by atoms with Crippen molar-refractivity contribution in [1.82, 2.24) is 5.43 Å². The van der Waals surface area contributed by atoms with Crippen LogP contribution in [-0.2, 0) is 19.6 Å². The lowest BCUT2D eigenvalue weighted by molar-refractivity contribution is -0.121. The zero-order chi connectivity index (χ0) is 30.8. The van der Waals surface area contributed by atoms with Gasteiger partial charge in [-0.1, -0.05) is 35.9 Å². The van der Waals surface area contributed by atoms with Crippen LogP contribution in [-0.4, -0.2) is 45.4 Å². The second kappa shape index (κ2) is 14.1. The van der Waals surface area contributed by atoms with Gasteiger partial charge in [-0.05, 0) is 92.2 Å². The lowest BCUT2D eigenvalue weighted by Crippen LogP contribution is -2.46. The Hall–Kier alpha value is -5.16. The van der Waals surface area contributed by atoms with Crippen LogP contribution in [0.3, 0.4) is 0 Å². The van der Waals surface area contributed by atoms with E-state index in [-0.39, 0.29) is 12.5 Å². The fraction of sp³-hybridized carbons (Fsp3) is 0.156. The minimum atomic E-state index is -3.81. The molecule has 43 heavy (non-hydrogen) atoms. The maximum absolute atomic E-state index is 12.8. The molecule has 0 bridgehead atoms. The van der Waals surface area contributed by atoms with E-state index in [0.29, 0.717) is 34.2 Å². The number of amides is 2. The summed E-state index contributed by atoms with van der Waals surface area (Å²) in [6, 6.07) is 28.7. The van der Waals surface area contributed by atoms with Gasteiger partial charge in [-0.2, -0.15) is 5.10 Å². The molecule has 0 aliphatic heterocycles. The quantitative estimate of drug-likeness (QED) is 0.172. The van der Waals surface area contributed by atoms with Crippen LogP contribution in [0, 0.1) is 6.92 Å². The Balaban J connectivity index is 1.30. The van der Waals surface area contributed by atoms with Crippen LogP contribution in [0.1, 0.15) is 18.1 Å². The van der Waals surface area contributed by atoms with E-state index in [2.05, 4.69) is 15.8 Å². The van der Waals surface area contributed by atoms with Crippen molar-refractivity contribution >= 4 is 39.4 Å². The summed E-state index contributed by atoms with van der Waals surface area (Å²) < 4.78 is 37.6. The fourth-order valence-electron chi connectivity index (χ4n) is 3.99. The molecule has 4 aromatic rings. The summed E-state index contributed by atoms with van der Waals surface area (Å²) in [6.07, 6.45) is 2.45. The summed E-state index contributed by atoms with van der Waals surface area (Å²) in [5, 5.41) is 6.73. The topological polar surface area (TPSA) is 126 Å². The predicted octanol–water partition coefficient (Wildman–Crippen LogP) is 5.11. The van der Waals surface area contributed by atoms with E-state index in [1.807, 2.05) is 49.4 Å². The van der Waals surface area contributed by atoms with E-state index in [0.717, 1.165) is 16.1 Å². The third-order valence-corrected chi connectivity index (χ3v) is 7.37. The van der Waals surface area contributed by atoms with Crippen LogP contribution in [0.2, 0.25) is 0 Å². The molecule has 0 heterocycles. The second-order valence-corrected chi connectivity index (χ2v) is 11.5. The molecule has 11 heteroatoms. The van der Waals surface area contributed by atoms with Crippen molar-refractivity contribution in [2.45, 2.75) is 19.9 Å². The van der Waals surface area contributed by atoms with E-state index < -0.39 is 22.0 Å². The van der Waals surface area contributed by atoms with Crippen molar-refractivity contribution in [3.05, 3.63) is 114 Å². The average Bonchev–Trinajstić information content (AvgIpc) is 2.98. The predicted molar refractivity (Wildman–Crippen MR) is 167 cm³/mol. The molecule has 0 unspecified atom stereocenters. The first kappa shape index (κ1) is 30.8. The van der Waals surface area contributed by atoms with Gasteiger partial charge in [0.05, 0.1) is 18.2 Å². The minimum absolute atomic E-state index is 0.158. The Labute approximate surface area is 251 Å². The Morgan fingerprint density at radius 3 is 2.09 bits per heavy atom. The van der Waals surface area contributed by atoms with Crippen molar-refractivity contribution in [2.75, 3.05) is 22.5 Å². The number of carbonyl (C=O) groups is 2. The number of hydrazone groups is 1. The highest BCUT2D eigenvalue weighted by Crippen LogP contribution is 2.27. The number of aryl methyl sites for hydroxylation is 1. The van der Waals surface area contributed by atoms with Gasteiger partial charge in [-0.3, -0.25) is 13.9 Å². The van der Waals surface area contributed by atoms with Crippen molar-refractivity contribution in [1.29, 1.82) is 0 Å². The van der Waals surface area contributed by atoms with Crippen molar-refractivity contribution in [2.24, 2.45) is 5.10 Å². The van der Waals surface area contributed by atoms with E-state index >= 15 is 0 Å². The van der Waals surface area contributed by atoms with Crippen LogP contribution in [0.4, 0.5) is 11.4 Å². The number of nitrogens with one attached hydrogen (secondary N) is 2. The zero-order valence-electron chi connectivity index (χ0n) is 23.9. The second-order valence-electron chi connectivity index (χ2n) is 9.65. The number of nitrogens with zero attached hydrogens (tertiary/aromatic N) is 2. The maximum Gasteiger partial charge on any atom is 0.263 e. The Morgan fingerprint density at radius 2 is 1.47 bits per heavy atom. The highest BCUT2D eigenvalue weighted by atomic mass is 32.2. The summed E-state index contributed by atoms with van der Waals surface area (Å²) in [6.45, 7) is 3.28. The van der Waals surface area contributed by atoms with Crippen LogP contribution in [0.5, 0.6) is 17.2 Å². The third kappa shape index (κ3) is 9.17. The molecular formula is C32H32N4O6S. The van der Waals surface area contributed by atoms with Gasteiger partial charge in [0.25, 0.3) is 11.8 Å². The van der Waals surface area contributed by atoms with Crippen LogP contribution < -0.4 is 24.5 Å². The molecular weight excluding hydrogens is 568 g/mol. The Kier molecular flexibility index (Phi) is 10.1. The molecule has 222 valence electrons. The zero-order valence-corrected chi connectivity index (χ0v) is 24.7. The number of benzene rings is 4. The normalized spacial score (nSPS) is 11.9. The van der Waals surface area contributed by atoms with Gasteiger partial charge in [-0.15, -0.1) is 0 Å². The molecule has 0 saturated carbocycles. The molecule has 0 radical (unpaired) electrons. The number of hydrogen-bond acceptors (Lipinski definition) is 7. The molecule has 0 aliphatic rings. The largest absolute Gasteiger partial charge is 0.484 e. The molecule has 1 atom stereocenters. The number of para-hydroxylation sites is 1. The number of ether oxygens (including phenoxy) is 2. The maximum atomic E-state index is 12.8. The molecule has 4 rings (SSSR count). The molecule has 0 fully saturated rings. The molecule has 2 N–H and O–H groups in total. The van der Waals surface area contributed by atoms with E-state index in [1.165, 1.54) is 13.1 Å². The summed E-state index contributed by atoms with van der Waals surface area (Å²) in [5.74, 6) is 0.742. The van der Waals surface area contributed by atoms with Gasteiger partial charge in [0.1, 0.15) is 23.3 Å². The van der Waals surface area contributed by atoms with Gasteiger partial charge in [-0.25, -0.2) is 13.8 Å². The van der Waals surface area contributed by atoms with Crippen LogP contribution in [0.25, 0.3) is 0 Å². The molecule has 4 aromatic carbocycles. The summed E-state index contributed by atoms with van der Waals surface area (Å²) in [5.41, 5.74) is 5.13. The van der Waals surface area contributed by atoms with E-state index in [1.54, 1.807) is 60.7 Å². The van der Waals surface area contributed by atoms with Gasteiger partial charge in [0.15, 0.2) is 6.61 Å². The molecule has 0 saturated heterocycles. The molecule has 0 aliphatic carbocycles. The lowest BCUT2D eigenvalue weighted by atomic mass is 10.2. The number of hydrogen-bond donors (Lipinski definition) is 2. The van der Waals surface area contributed by atoms with Crippen molar-refractivity contribution in [3.63, 3.8) is 0 Å². The van der Waals surface area contributed by atoms with E-state index in [9.17, 15) is 18.0 Å². The number of sulfonamides is 1. The lowest BCUT2D eigenvalue weighted by Gasteiger charge is -2.27. The first-order valence-corrected chi connectivity index (χ1v) is 15.2. The number of rotatable bonds is 12. The van der Waals surface area contributed by atoms with Crippen molar-refractivity contribution < 1.29 is 27.5 Å². The third-order valence-electron chi connectivity index (χ3n) is 6.13. The highest BCUT2D eigenvalue weighted by Gasteiger charge is 2.29. The van der Waals surface area contributed by atoms with Gasteiger partial charge in [0.2, 0.25) is 10.0 Å². The number of anilines is 2. The van der Waals surface area contributed by atoms with Crippen molar-refractivity contribution in [3.8, 4) is 17.2 Å². The van der Waals surface area contributed by atoms with E-state index in [4.69, 9.17) is 9.47 Å². The molecule has 0 spiro atoms. The molecule has 2 amide bonds. The standard InChI is InChI=1S/C32H32N4O6S/c1-23-9-13-26(14-10-23)34-31(37)22-41-28-17-11-25(12-18-28)21-33-35-32(38)24(2)36(43(3,39)40)27-15-19-30(20-16-27)42-29-7-5-4-6-8-29/h4-21,24H,22H2,1-3H3,(H,34,37)(H,35,38)/b33-21-/t24-/m1/s1. The molecule has 10 nitrogen and oxygen atoms in total. The summed E-state index contributed by atoms with van der Waals surface area (Å²) in [7, 11) is -3.81. The summed E-state index contributed by atoms with van der Waals surface area (Å²) in [4.78, 5) is 25.0. The van der Waals surface area contributed by atoms with Crippen LogP contribution >= 0.6 is 0 Å². The summed E-state index contributed by atoms with van der Waals surface area (Å²) >= 11 is 0. The highest BCUT2D eigenvalue weighted by molar-refractivity contribution is 7.92. The van der Waals surface area contributed by atoms with Crippen LogP contribution in [0.15, 0.2) is 108 Å². The van der Waals surface area contributed by atoms with Gasteiger partial charge >= 0.3 is 0 Å². The smallest absolute Gasteiger partial charge is 0.263 e. The Bertz CT molecular complexity index is 1660. The fourth-order valence-corrected chi connectivity index (χ4v) is 5.17. The first-order valence-electron chi connectivity index (χ1n) is 13.3. The van der Waals surface area contributed by atoms with Gasteiger partial charge in [0, 0.05) is 5.69 Å². The molecule has 0 aromatic heterocycles. The SMILES string of the molecule is Cc1ccc(NC(=O)COc2ccc(/C=N\NC(=O)[C@@H](C)N(c3ccc(Oc4ccccc4)cc3)S(C)(=O)=O)cc2)cc1.